The smallest absolute Gasteiger partial charge is 0.326 e. The number of hydrogen-bond acceptors (Lipinski definition) is 4. The summed E-state index contributed by atoms with van der Waals surface area (Å²) in [6, 6.07) is 5.95. The van der Waals surface area contributed by atoms with Crippen LogP contribution in [0.5, 0.6) is 0 Å². The van der Waals surface area contributed by atoms with E-state index in [1.165, 1.54) is 15.9 Å². The van der Waals surface area contributed by atoms with Crippen molar-refractivity contribution in [3.8, 4) is 0 Å². The largest absolute Gasteiger partial charge is 0.480 e. The number of aromatic amines is 2. The summed E-state index contributed by atoms with van der Waals surface area (Å²) >= 11 is 0. The van der Waals surface area contributed by atoms with E-state index in [1.807, 2.05) is 0 Å². The van der Waals surface area contributed by atoms with E-state index in [4.69, 9.17) is 0 Å². The first-order valence-electron chi connectivity index (χ1n) is 7.75. The molecular formula is C16H15N5O4. The fraction of sp³-hybridized carbons (Fsp3) is 0.250. The van der Waals surface area contributed by atoms with Gasteiger partial charge >= 0.3 is 5.97 Å². The molecule has 2 aromatic heterocycles. The molecule has 3 N–H and O–H groups in total. The number of rotatable bonds is 3. The van der Waals surface area contributed by atoms with Crippen molar-refractivity contribution in [1.29, 1.82) is 0 Å². The van der Waals surface area contributed by atoms with Crippen molar-refractivity contribution in [2.75, 3.05) is 0 Å². The van der Waals surface area contributed by atoms with Crippen molar-refractivity contribution in [2.45, 2.75) is 25.6 Å². The van der Waals surface area contributed by atoms with Crippen LogP contribution in [0.1, 0.15) is 11.4 Å². The quantitative estimate of drug-likeness (QED) is 0.623. The lowest BCUT2D eigenvalue weighted by Crippen LogP contribution is -2.50. The van der Waals surface area contributed by atoms with Crippen molar-refractivity contribution in [3.05, 3.63) is 52.3 Å². The highest BCUT2D eigenvalue weighted by molar-refractivity contribution is 5.85. The first-order chi connectivity index (χ1) is 12.0. The van der Waals surface area contributed by atoms with E-state index < -0.39 is 17.9 Å². The van der Waals surface area contributed by atoms with Gasteiger partial charge in [-0.3, -0.25) is 14.7 Å². The Kier molecular flexibility index (Phi) is 3.41. The van der Waals surface area contributed by atoms with Gasteiger partial charge in [-0.25, -0.2) is 14.5 Å². The van der Waals surface area contributed by atoms with Gasteiger partial charge in [-0.2, -0.15) is 0 Å². The summed E-state index contributed by atoms with van der Waals surface area (Å²) in [6.07, 6.45) is 1.63. The van der Waals surface area contributed by atoms with Crippen molar-refractivity contribution in [3.63, 3.8) is 0 Å². The van der Waals surface area contributed by atoms with Crippen molar-refractivity contribution < 1.29 is 14.7 Å². The van der Waals surface area contributed by atoms with Crippen LogP contribution < -0.4 is 5.56 Å². The Morgan fingerprint density at radius 2 is 2.12 bits per heavy atom. The fourth-order valence-electron chi connectivity index (χ4n) is 3.16. The van der Waals surface area contributed by atoms with Gasteiger partial charge in [0.15, 0.2) is 0 Å². The molecule has 0 fully saturated rings. The normalized spacial score (nSPS) is 16.8. The maximum Gasteiger partial charge on any atom is 0.326 e. The van der Waals surface area contributed by atoms with Crippen LogP contribution in [0.4, 0.5) is 0 Å². The first kappa shape index (κ1) is 15.2. The van der Waals surface area contributed by atoms with Gasteiger partial charge in [0.25, 0.3) is 5.56 Å². The standard InChI is InChI=1S/C16H15N5O4/c22-14(7-21-15(23)9-3-1-2-4-10(9)19-21)20-6-12-11(17-8-18-12)5-13(20)16(24)25/h1-4,8,13,19H,5-7H2,(H,17,18)(H,24,25). The number of amides is 1. The zero-order valence-corrected chi connectivity index (χ0v) is 13.1. The Bertz CT molecular complexity index is 1030. The molecule has 4 rings (SSSR count). The maximum atomic E-state index is 12.7. The van der Waals surface area contributed by atoms with E-state index >= 15 is 0 Å². The van der Waals surface area contributed by atoms with E-state index in [2.05, 4.69) is 15.1 Å². The molecule has 0 saturated heterocycles. The average molecular weight is 341 g/mol. The number of H-pyrrole nitrogens is 2. The number of carbonyl (C=O) groups is 2. The van der Waals surface area contributed by atoms with Gasteiger partial charge < -0.3 is 15.0 Å². The lowest BCUT2D eigenvalue weighted by molar-refractivity contribution is -0.151. The summed E-state index contributed by atoms with van der Waals surface area (Å²) in [6.45, 7) is -0.124. The third-order valence-electron chi connectivity index (χ3n) is 4.46. The maximum absolute atomic E-state index is 12.7. The SMILES string of the molecule is O=C(O)C1Cc2nc[nH]c2CN1C(=O)Cn1[nH]c2ccccc2c1=O. The topological polar surface area (TPSA) is 124 Å². The van der Waals surface area contributed by atoms with Gasteiger partial charge in [-0.05, 0) is 12.1 Å². The van der Waals surface area contributed by atoms with Crippen LogP contribution in [0.15, 0.2) is 35.4 Å². The highest BCUT2D eigenvalue weighted by Crippen LogP contribution is 2.21. The number of carboxylic acids is 1. The molecule has 0 radical (unpaired) electrons. The van der Waals surface area contributed by atoms with E-state index in [9.17, 15) is 19.5 Å². The van der Waals surface area contributed by atoms with Gasteiger partial charge in [0.2, 0.25) is 5.91 Å². The van der Waals surface area contributed by atoms with E-state index in [0.717, 1.165) is 5.69 Å². The number of carboxylic acid groups (broad SMARTS) is 1. The van der Waals surface area contributed by atoms with E-state index in [0.29, 0.717) is 16.6 Å². The molecule has 0 aliphatic carbocycles. The minimum absolute atomic E-state index is 0.125. The Labute approximate surface area is 140 Å². The molecule has 1 aliphatic rings. The van der Waals surface area contributed by atoms with Crippen LogP contribution in [-0.4, -0.2) is 47.7 Å². The third kappa shape index (κ3) is 2.49. The number of aromatic nitrogens is 4. The lowest BCUT2D eigenvalue weighted by Gasteiger charge is -2.32. The average Bonchev–Trinajstić information content (AvgIpc) is 3.18. The van der Waals surface area contributed by atoms with Gasteiger partial charge in [0.05, 0.1) is 35.2 Å². The van der Waals surface area contributed by atoms with Crippen molar-refractivity contribution in [1.82, 2.24) is 24.6 Å². The minimum Gasteiger partial charge on any atom is -0.480 e. The first-order valence-corrected chi connectivity index (χ1v) is 7.75. The molecule has 0 spiro atoms. The predicted molar refractivity (Wildman–Crippen MR) is 86.8 cm³/mol. The molecule has 1 aliphatic heterocycles. The van der Waals surface area contributed by atoms with Gasteiger partial charge in [-0.15, -0.1) is 0 Å². The molecule has 0 saturated carbocycles. The number of fused-ring (bicyclic) bond motifs is 2. The molecule has 9 heteroatoms. The second-order valence-electron chi connectivity index (χ2n) is 5.96. The number of carbonyl (C=O) groups excluding carboxylic acids is 1. The Balaban J connectivity index is 1.64. The van der Waals surface area contributed by atoms with Crippen LogP contribution in [0.25, 0.3) is 10.9 Å². The summed E-state index contributed by atoms with van der Waals surface area (Å²) in [4.78, 5) is 44.9. The van der Waals surface area contributed by atoms with Gasteiger partial charge in [0.1, 0.15) is 12.6 Å². The number of hydrogen-bond donors (Lipinski definition) is 3. The van der Waals surface area contributed by atoms with Gasteiger partial charge in [-0.1, -0.05) is 12.1 Å². The fourth-order valence-corrected chi connectivity index (χ4v) is 3.16. The van der Waals surface area contributed by atoms with Crippen molar-refractivity contribution in [2.24, 2.45) is 0 Å². The van der Waals surface area contributed by atoms with Crippen molar-refractivity contribution >= 4 is 22.8 Å². The van der Waals surface area contributed by atoms with E-state index in [1.54, 1.807) is 24.3 Å². The molecule has 128 valence electrons. The Hall–Kier alpha value is -3.36. The summed E-state index contributed by atoms with van der Waals surface area (Å²) in [5.74, 6) is -1.53. The highest BCUT2D eigenvalue weighted by Gasteiger charge is 2.36. The Morgan fingerprint density at radius 1 is 1.32 bits per heavy atom. The third-order valence-corrected chi connectivity index (χ3v) is 4.46. The van der Waals surface area contributed by atoms with Crippen LogP contribution in [0.2, 0.25) is 0 Å². The molecule has 9 nitrogen and oxygen atoms in total. The molecule has 3 aromatic rings. The van der Waals surface area contributed by atoms with Crippen LogP contribution >= 0.6 is 0 Å². The zero-order chi connectivity index (χ0) is 17.6. The molecular weight excluding hydrogens is 326 g/mol. The summed E-state index contributed by atoms with van der Waals surface area (Å²) in [7, 11) is 0. The molecule has 3 heterocycles. The lowest BCUT2D eigenvalue weighted by atomic mass is 10.0. The molecule has 1 amide bonds. The molecule has 1 atom stereocenters. The predicted octanol–water partition coefficient (Wildman–Crippen LogP) is 0.0908. The number of imidazole rings is 1. The molecule has 25 heavy (non-hydrogen) atoms. The van der Waals surface area contributed by atoms with E-state index in [-0.39, 0.29) is 25.1 Å². The summed E-state index contributed by atoms with van der Waals surface area (Å²) in [5, 5.41) is 12.8. The van der Waals surface area contributed by atoms with Crippen LogP contribution in [0, 0.1) is 0 Å². The van der Waals surface area contributed by atoms with Crippen LogP contribution in [0.3, 0.4) is 0 Å². The number of benzene rings is 1. The zero-order valence-electron chi connectivity index (χ0n) is 13.1. The number of nitrogens with zero attached hydrogens (tertiary/aromatic N) is 3. The minimum atomic E-state index is -1.09. The van der Waals surface area contributed by atoms with Crippen LogP contribution in [-0.2, 0) is 29.1 Å². The number of nitrogens with one attached hydrogen (secondary N) is 2. The molecule has 1 unspecified atom stereocenters. The summed E-state index contributed by atoms with van der Waals surface area (Å²) in [5.41, 5.74) is 1.69. The number of aliphatic carboxylic acids is 1. The summed E-state index contributed by atoms with van der Waals surface area (Å²) < 4.78 is 1.20. The monoisotopic (exact) mass is 341 g/mol. The molecule has 1 aromatic carbocycles. The second-order valence-corrected chi connectivity index (χ2v) is 5.96. The Morgan fingerprint density at radius 3 is 2.88 bits per heavy atom. The van der Waals surface area contributed by atoms with Gasteiger partial charge in [0, 0.05) is 6.42 Å². The number of para-hydroxylation sites is 1. The highest BCUT2D eigenvalue weighted by atomic mass is 16.4. The second kappa shape index (κ2) is 5.62. The molecule has 0 bridgehead atoms.